The van der Waals surface area contributed by atoms with E-state index in [0.29, 0.717) is 12.0 Å². The molecule has 0 bridgehead atoms. The largest absolute Gasteiger partial charge is 0.392 e. The summed E-state index contributed by atoms with van der Waals surface area (Å²) in [6, 6.07) is 3.50. The lowest BCUT2D eigenvalue weighted by Crippen LogP contribution is -2.34. The predicted octanol–water partition coefficient (Wildman–Crippen LogP) is 2.21. The Kier molecular flexibility index (Phi) is 5.29. The SMILES string of the molecule is Cc1cc(F)ccc1S(=O)(=O)NCC(O)CC(C)(C)C. The quantitative estimate of drug-likeness (QED) is 0.876. The smallest absolute Gasteiger partial charge is 0.240 e. The zero-order valence-electron chi connectivity index (χ0n) is 12.3. The zero-order valence-corrected chi connectivity index (χ0v) is 13.1. The molecule has 0 aliphatic carbocycles. The van der Waals surface area contributed by atoms with Gasteiger partial charge in [-0.15, -0.1) is 0 Å². The van der Waals surface area contributed by atoms with Crippen LogP contribution in [0.15, 0.2) is 23.1 Å². The molecular formula is C14H22FNO3S. The van der Waals surface area contributed by atoms with E-state index in [1.807, 2.05) is 20.8 Å². The minimum Gasteiger partial charge on any atom is -0.392 e. The Balaban J connectivity index is 2.76. The third-order valence-electron chi connectivity index (χ3n) is 2.78. The fourth-order valence-corrected chi connectivity index (χ4v) is 3.27. The maximum Gasteiger partial charge on any atom is 0.240 e. The molecule has 1 aromatic rings. The zero-order chi connectivity index (χ0) is 15.6. The molecule has 2 N–H and O–H groups in total. The molecule has 0 fully saturated rings. The number of aliphatic hydroxyl groups excluding tert-OH is 1. The number of aliphatic hydroxyl groups is 1. The summed E-state index contributed by atoms with van der Waals surface area (Å²) in [5.41, 5.74) is 0.249. The average molecular weight is 303 g/mol. The molecule has 20 heavy (non-hydrogen) atoms. The van der Waals surface area contributed by atoms with E-state index in [0.717, 1.165) is 6.07 Å². The highest BCUT2D eigenvalue weighted by molar-refractivity contribution is 7.89. The first kappa shape index (κ1) is 17.1. The van der Waals surface area contributed by atoms with E-state index in [4.69, 9.17) is 0 Å². The summed E-state index contributed by atoms with van der Waals surface area (Å²) in [5, 5.41) is 9.82. The number of aryl methyl sites for hydroxylation is 1. The van der Waals surface area contributed by atoms with Gasteiger partial charge in [0.1, 0.15) is 5.82 Å². The van der Waals surface area contributed by atoms with Crippen LogP contribution in [0.4, 0.5) is 4.39 Å². The monoisotopic (exact) mass is 303 g/mol. The molecule has 0 aliphatic heterocycles. The van der Waals surface area contributed by atoms with E-state index in [-0.39, 0.29) is 16.9 Å². The summed E-state index contributed by atoms with van der Waals surface area (Å²) in [7, 11) is -3.74. The van der Waals surface area contributed by atoms with Crippen molar-refractivity contribution in [1.82, 2.24) is 4.72 Å². The summed E-state index contributed by atoms with van der Waals surface area (Å²) in [6.45, 7) is 7.37. The second kappa shape index (κ2) is 6.20. The van der Waals surface area contributed by atoms with E-state index in [1.165, 1.54) is 19.1 Å². The highest BCUT2D eigenvalue weighted by Crippen LogP contribution is 2.21. The van der Waals surface area contributed by atoms with E-state index in [2.05, 4.69) is 4.72 Å². The van der Waals surface area contributed by atoms with Gasteiger partial charge in [-0.25, -0.2) is 17.5 Å². The summed E-state index contributed by atoms with van der Waals surface area (Å²) in [5.74, 6) is -0.478. The molecule has 0 aromatic heterocycles. The van der Waals surface area contributed by atoms with Gasteiger partial charge in [0, 0.05) is 6.54 Å². The Labute approximate surface area is 120 Å². The van der Waals surface area contributed by atoms with E-state index < -0.39 is 21.9 Å². The highest BCUT2D eigenvalue weighted by Gasteiger charge is 2.21. The lowest BCUT2D eigenvalue weighted by Gasteiger charge is -2.22. The Hall–Kier alpha value is -0.980. The van der Waals surface area contributed by atoms with Crippen LogP contribution in [0.25, 0.3) is 0 Å². The van der Waals surface area contributed by atoms with Crippen LogP contribution in [-0.2, 0) is 10.0 Å². The molecule has 4 nitrogen and oxygen atoms in total. The Bertz CT molecular complexity index is 564. The molecule has 1 unspecified atom stereocenters. The van der Waals surface area contributed by atoms with Crippen LogP contribution < -0.4 is 4.72 Å². The van der Waals surface area contributed by atoms with E-state index >= 15 is 0 Å². The van der Waals surface area contributed by atoms with Crippen molar-refractivity contribution in [3.63, 3.8) is 0 Å². The number of rotatable bonds is 5. The third-order valence-corrected chi connectivity index (χ3v) is 4.37. The number of sulfonamides is 1. The first-order valence-electron chi connectivity index (χ1n) is 6.45. The molecule has 0 amide bonds. The van der Waals surface area contributed by atoms with Gasteiger partial charge in [0.15, 0.2) is 0 Å². The molecule has 6 heteroatoms. The lowest BCUT2D eigenvalue weighted by atomic mass is 9.89. The van der Waals surface area contributed by atoms with Crippen molar-refractivity contribution in [3.05, 3.63) is 29.6 Å². The van der Waals surface area contributed by atoms with Gasteiger partial charge in [-0.3, -0.25) is 0 Å². The maximum absolute atomic E-state index is 13.0. The van der Waals surface area contributed by atoms with E-state index in [1.54, 1.807) is 0 Å². The van der Waals surface area contributed by atoms with Crippen molar-refractivity contribution in [2.75, 3.05) is 6.54 Å². The van der Waals surface area contributed by atoms with Crippen LogP contribution in [0.1, 0.15) is 32.8 Å². The molecule has 0 heterocycles. The molecule has 0 saturated heterocycles. The summed E-state index contributed by atoms with van der Waals surface area (Å²) in [4.78, 5) is 0.0295. The van der Waals surface area contributed by atoms with E-state index in [9.17, 15) is 17.9 Å². The molecule has 0 saturated carbocycles. The lowest BCUT2D eigenvalue weighted by molar-refractivity contribution is 0.125. The van der Waals surface area contributed by atoms with Crippen LogP contribution in [0.3, 0.4) is 0 Å². The molecule has 1 atom stereocenters. The second-order valence-corrected chi connectivity index (χ2v) is 7.92. The molecule has 114 valence electrons. The fraction of sp³-hybridized carbons (Fsp3) is 0.571. The van der Waals surface area contributed by atoms with Gasteiger partial charge < -0.3 is 5.11 Å². The predicted molar refractivity (Wildman–Crippen MR) is 76.4 cm³/mol. The number of benzene rings is 1. The van der Waals surface area contributed by atoms with Gasteiger partial charge in [-0.2, -0.15) is 0 Å². The van der Waals surface area contributed by atoms with Gasteiger partial charge >= 0.3 is 0 Å². The van der Waals surface area contributed by atoms with Gasteiger partial charge in [-0.05, 0) is 42.5 Å². The third kappa shape index (κ3) is 5.19. The van der Waals surface area contributed by atoms with Gasteiger partial charge in [0.2, 0.25) is 10.0 Å². The first-order chi connectivity index (χ1) is 9.01. The van der Waals surface area contributed by atoms with Gasteiger partial charge in [-0.1, -0.05) is 20.8 Å². The number of halogens is 1. The van der Waals surface area contributed by atoms with Crippen molar-refractivity contribution >= 4 is 10.0 Å². The van der Waals surface area contributed by atoms with Gasteiger partial charge in [0.25, 0.3) is 0 Å². The van der Waals surface area contributed by atoms with Crippen LogP contribution in [0.5, 0.6) is 0 Å². The average Bonchev–Trinajstić information content (AvgIpc) is 2.23. The number of hydrogen-bond donors (Lipinski definition) is 2. The minimum atomic E-state index is -3.74. The normalized spacial score (nSPS) is 14.3. The van der Waals surface area contributed by atoms with Crippen LogP contribution in [-0.4, -0.2) is 26.2 Å². The summed E-state index contributed by atoms with van der Waals surface area (Å²) < 4.78 is 39.5. The minimum absolute atomic E-state index is 0.0295. The highest BCUT2D eigenvalue weighted by atomic mass is 32.2. The Morgan fingerprint density at radius 2 is 1.95 bits per heavy atom. The van der Waals surface area contributed by atoms with Crippen molar-refractivity contribution in [2.45, 2.75) is 45.1 Å². The molecule has 1 rings (SSSR count). The number of hydrogen-bond acceptors (Lipinski definition) is 3. The standard InChI is InChI=1S/C14H22FNO3S/c1-10-7-11(15)5-6-13(10)20(18,19)16-9-12(17)8-14(2,3)4/h5-7,12,16-17H,8-9H2,1-4H3. The van der Waals surface area contributed by atoms with Crippen molar-refractivity contribution in [2.24, 2.45) is 5.41 Å². The van der Waals surface area contributed by atoms with Crippen LogP contribution in [0, 0.1) is 18.2 Å². The van der Waals surface area contributed by atoms with Crippen molar-refractivity contribution < 1.29 is 17.9 Å². The number of nitrogens with one attached hydrogen (secondary N) is 1. The Morgan fingerprint density at radius 1 is 1.35 bits per heavy atom. The summed E-state index contributed by atoms with van der Waals surface area (Å²) in [6.07, 6.45) is -0.275. The molecule has 0 radical (unpaired) electrons. The Morgan fingerprint density at radius 3 is 2.45 bits per heavy atom. The molecule has 0 spiro atoms. The fourth-order valence-electron chi connectivity index (χ4n) is 1.98. The van der Waals surface area contributed by atoms with Crippen LogP contribution in [0.2, 0.25) is 0 Å². The molecule has 1 aromatic carbocycles. The maximum atomic E-state index is 13.0. The van der Waals surface area contributed by atoms with Crippen molar-refractivity contribution in [3.8, 4) is 0 Å². The van der Waals surface area contributed by atoms with Gasteiger partial charge in [0.05, 0.1) is 11.0 Å². The second-order valence-electron chi connectivity index (χ2n) is 6.18. The van der Waals surface area contributed by atoms with Crippen LogP contribution >= 0.6 is 0 Å². The first-order valence-corrected chi connectivity index (χ1v) is 7.93. The molecular weight excluding hydrogens is 281 g/mol. The van der Waals surface area contributed by atoms with Crippen molar-refractivity contribution in [1.29, 1.82) is 0 Å². The summed E-state index contributed by atoms with van der Waals surface area (Å²) >= 11 is 0. The topological polar surface area (TPSA) is 66.4 Å². The molecule has 0 aliphatic rings.